The lowest BCUT2D eigenvalue weighted by Crippen LogP contribution is -2.29. The Labute approximate surface area is 115 Å². The van der Waals surface area contributed by atoms with Gasteiger partial charge in [0, 0.05) is 19.6 Å². The SMILES string of the molecule is CCCNc1cncc(N(C)C(C)CCSC)c1. The molecule has 0 bridgehead atoms. The molecular weight excluding hydrogens is 242 g/mol. The van der Waals surface area contributed by atoms with E-state index < -0.39 is 0 Å². The smallest absolute Gasteiger partial charge is 0.0573 e. The Kier molecular flexibility index (Phi) is 6.94. The molecule has 0 fully saturated rings. The van der Waals surface area contributed by atoms with Crippen LogP contribution in [0.2, 0.25) is 0 Å². The van der Waals surface area contributed by atoms with Gasteiger partial charge in [-0.1, -0.05) is 6.92 Å². The molecule has 0 saturated carbocycles. The molecule has 1 unspecified atom stereocenters. The first-order valence-electron chi connectivity index (χ1n) is 6.59. The van der Waals surface area contributed by atoms with Crippen molar-refractivity contribution in [1.29, 1.82) is 0 Å². The fraction of sp³-hybridized carbons (Fsp3) is 0.643. The highest BCUT2D eigenvalue weighted by molar-refractivity contribution is 7.98. The fourth-order valence-electron chi connectivity index (χ4n) is 1.72. The molecule has 0 spiro atoms. The topological polar surface area (TPSA) is 28.2 Å². The van der Waals surface area contributed by atoms with Gasteiger partial charge in [0.05, 0.1) is 23.8 Å². The summed E-state index contributed by atoms with van der Waals surface area (Å²) in [6.07, 6.45) is 8.31. The van der Waals surface area contributed by atoms with Gasteiger partial charge in [0.1, 0.15) is 0 Å². The standard InChI is InChI=1S/C14H25N3S/c1-5-7-16-13-9-14(11-15-10-13)17(3)12(2)6-8-18-4/h9-12,16H,5-8H2,1-4H3. The van der Waals surface area contributed by atoms with Crippen molar-refractivity contribution in [3.05, 3.63) is 18.5 Å². The first kappa shape index (κ1) is 15.2. The van der Waals surface area contributed by atoms with Crippen LogP contribution in [0.4, 0.5) is 11.4 Å². The van der Waals surface area contributed by atoms with E-state index in [0.717, 1.165) is 18.7 Å². The molecule has 0 aliphatic heterocycles. The summed E-state index contributed by atoms with van der Waals surface area (Å²) in [6, 6.07) is 2.72. The summed E-state index contributed by atoms with van der Waals surface area (Å²) >= 11 is 1.90. The van der Waals surface area contributed by atoms with Crippen LogP contribution in [0.1, 0.15) is 26.7 Å². The second-order valence-corrected chi connectivity index (χ2v) is 5.59. The van der Waals surface area contributed by atoms with E-state index in [1.54, 1.807) is 0 Å². The van der Waals surface area contributed by atoms with Gasteiger partial charge < -0.3 is 10.2 Å². The van der Waals surface area contributed by atoms with Gasteiger partial charge in [-0.3, -0.25) is 4.98 Å². The quantitative estimate of drug-likeness (QED) is 0.780. The molecule has 3 nitrogen and oxygen atoms in total. The summed E-state index contributed by atoms with van der Waals surface area (Å²) in [6.45, 7) is 5.43. The van der Waals surface area contributed by atoms with E-state index in [1.165, 1.54) is 17.9 Å². The fourth-order valence-corrected chi connectivity index (χ4v) is 2.30. The van der Waals surface area contributed by atoms with E-state index in [2.05, 4.69) is 48.4 Å². The predicted molar refractivity (Wildman–Crippen MR) is 83.9 cm³/mol. The normalized spacial score (nSPS) is 12.2. The number of anilines is 2. The van der Waals surface area contributed by atoms with Gasteiger partial charge in [-0.05, 0) is 37.8 Å². The average molecular weight is 267 g/mol. The number of rotatable bonds is 8. The second kappa shape index (κ2) is 8.25. The number of nitrogens with zero attached hydrogens (tertiary/aromatic N) is 2. The third-order valence-electron chi connectivity index (χ3n) is 3.11. The third kappa shape index (κ3) is 4.77. The summed E-state index contributed by atoms with van der Waals surface area (Å²) in [7, 11) is 2.14. The second-order valence-electron chi connectivity index (χ2n) is 4.60. The number of thioether (sulfide) groups is 1. The van der Waals surface area contributed by atoms with E-state index in [0.29, 0.717) is 6.04 Å². The number of pyridine rings is 1. The number of nitrogens with one attached hydrogen (secondary N) is 1. The Morgan fingerprint density at radius 3 is 2.89 bits per heavy atom. The molecule has 102 valence electrons. The number of aromatic nitrogens is 1. The zero-order chi connectivity index (χ0) is 13.4. The maximum absolute atomic E-state index is 4.31. The Hall–Kier alpha value is -0.900. The molecule has 1 aromatic rings. The van der Waals surface area contributed by atoms with Crippen LogP contribution in [0, 0.1) is 0 Å². The molecule has 1 N–H and O–H groups in total. The van der Waals surface area contributed by atoms with Gasteiger partial charge in [0.2, 0.25) is 0 Å². The molecule has 0 aliphatic carbocycles. The van der Waals surface area contributed by atoms with E-state index in [-0.39, 0.29) is 0 Å². The highest BCUT2D eigenvalue weighted by Gasteiger charge is 2.10. The van der Waals surface area contributed by atoms with Crippen molar-refractivity contribution in [3.63, 3.8) is 0 Å². The summed E-state index contributed by atoms with van der Waals surface area (Å²) in [5.41, 5.74) is 2.29. The van der Waals surface area contributed by atoms with Crippen LogP contribution in [-0.4, -0.2) is 36.6 Å². The van der Waals surface area contributed by atoms with Crippen molar-refractivity contribution in [1.82, 2.24) is 4.98 Å². The van der Waals surface area contributed by atoms with Crippen LogP contribution in [0.5, 0.6) is 0 Å². The highest BCUT2D eigenvalue weighted by Crippen LogP contribution is 2.20. The lowest BCUT2D eigenvalue weighted by atomic mass is 10.2. The van der Waals surface area contributed by atoms with Crippen LogP contribution >= 0.6 is 11.8 Å². The molecule has 0 radical (unpaired) electrons. The number of hydrogen-bond acceptors (Lipinski definition) is 4. The Morgan fingerprint density at radius 2 is 2.22 bits per heavy atom. The highest BCUT2D eigenvalue weighted by atomic mass is 32.2. The molecule has 1 heterocycles. The minimum Gasteiger partial charge on any atom is -0.384 e. The largest absolute Gasteiger partial charge is 0.384 e. The molecule has 1 rings (SSSR count). The third-order valence-corrected chi connectivity index (χ3v) is 3.76. The van der Waals surface area contributed by atoms with Crippen LogP contribution < -0.4 is 10.2 Å². The lowest BCUT2D eigenvalue weighted by molar-refractivity contribution is 0.668. The first-order chi connectivity index (χ1) is 8.69. The van der Waals surface area contributed by atoms with Gasteiger partial charge in [-0.2, -0.15) is 11.8 Å². The van der Waals surface area contributed by atoms with Crippen LogP contribution in [-0.2, 0) is 0 Å². The Balaban J connectivity index is 2.63. The average Bonchev–Trinajstić information content (AvgIpc) is 2.42. The first-order valence-corrected chi connectivity index (χ1v) is 7.99. The molecule has 0 amide bonds. The van der Waals surface area contributed by atoms with Crippen LogP contribution in [0.15, 0.2) is 18.5 Å². The van der Waals surface area contributed by atoms with Crippen molar-refractivity contribution < 1.29 is 0 Å². The summed E-state index contributed by atoms with van der Waals surface area (Å²) in [5.74, 6) is 1.20. The van der Waals surface area contributed by atoms with Crippen molar-refractivity contribution in [2.75, 3.05) is 35.8 Å². The lowest BCUT2D eigenvalue weighted by Gasteiger charge is -2.27. The van der Waals surface area contributed by atoms with Gasteiger partial charge in [-0.15, -0.1) is 0 Å². The molecular formula is C14H25N3S. The minimum absolute atomic E-state index is 0.542. The van der Waals surface area contributed by atoms with E-state index >= 15 is 0 Å². The molecule has 0 saturated heterocycles. The summed E-state index contributed by atoms with van der Waals surface area (Å²) in [4.78, 5) is 6.62. The number of hydrogen-bond donors (Lipinski definition) is 1. The van der Waals surface area contributed by atoms with Gasteiger partial charge >= 0.3 is 0 Å². The van der Waals surface area contributed by atoms with Gasteiger partial charge in [-0.25, -0.2) is 0 Å². The molecule has 1 aromatic heterocycles. The predicted octanol–water partition coefficient (Wildman–Crippen LogP) is 3.48. The van der Waals surface area contributed by atoms with E-state index in [1.807, 2.05) is 24.2 Å². The van der Waals surface area contributed by atoms with Crippen molar-refractivity contribution in [2.24, 2.45) is 0 Å². The van der Waals surface area contributed by atoms with Crippen molar-refractivity contribution >= 4 is 23.1 Å². The molecule has 1 atom stereocenters. The molecule has 18 heavy (non-hydrogen) atoms. The molecule has 0 aromatic carbocycles. The maximum Gasteiger partial charge on any atom is 0.0573 e. The van der Waals surface area contributed by atoms with E-state index in [9.17, 15) is 0 Å². The zero-order valence-corrected chi connectivity index (χ0v) is 12.8. The van der Waals surface area contributed by atoms with Crippen LogP contribution in [0.25, 0.3) is 0 Å². The van der Waals surface area contributed by atoms with Gasteiger partial charge in [0.25, 0.3) is 0 Å². The monoisotopic (exact) mass is 267 g/mol. The van der Waals surface area contributed by atoms with Crippen molar-refractivity contribution in [3.8, 4) is 0 Å². The van der Waals surface area contributed by atoms with Crippen molar-refractivity contribution in [2.45, 2.75) is 32.7 Å². The Morgan fingerprint density at radius 1 is 1.44 bits per heavy atom. The summed E-state index contributed by atoms with van der Waals surface area (Å²) < 4.78 is 0. The molecule has 0 aliphatic rings. The van der Waals surface area contributed by atoms with Crippen LogP contribution in [0.3, 0.4) is 0 Å². The van der Waals surface area contributed by atoms with E-state index in [4.69, 9.17) is 0 Å². The van der Waals surface area contributed by atoms with Gasteiger partial charge in [0.15, 0.2) is 0 Å². The molecule has 4 heteroatoms. The minimum atomic E-state index is 0.542. The summed E-state index contributed by atoms with van der Waals surface area (Å²) in [5, 5.41) is 3.38. The zero-order valence-electron chi connectivity index (χ0n) is 11.9. The maximum atomic E-state index is 4.31. The Bertz CT molecular complexity index is 344.